The van der Waals surface area contributed by atoms with Gasteiger partial charge < -0.3 is 0 Å². The predicted molar refractivity (Wildman–Crippen MR) is 47.5 cm³/mol. The summed E-state index contributed by atoms with van der Waals surface area (Å²) >= 11 is 0. The molecule has 1 heterocycles. The van der Waals surface area contributed by atoms with Crippen LogP contribution in [0.5, 0.6) is 0 Å². The van der Waals surface area contributed by atoms with Crippen molar-refractivity contribution < 1.29 is 17.6 Å². The highest BCUT2D eigenvalue weighted by Gasteiger charge is 2.67. The van der Waals surface area contributed by atoms with Crippen LogP contribution < -0.4 is 0 Å². The van der Waals surface area contributed by atoms with E-state index in [1.807, 2.05) is 0 Å². The summed E-state index contributed by atoms with van der Waals surface area (Å²) in [5.41, 5.74) is -0.704. The molecule has 0 N–H and O–H groups in total. The van der Waals surface area contributed by atoms with Crippen molar-refractivity contribution in [3.05, 3.63) is 17.0 Å². The van der Waals surface area contributed by atoms with E-state index in [4.69, 9.17) is 0 Å². The number of aryl methyl sites for hydroxylation is 1. The first-order valence-electron chi connectivity index (χ1n) is 5.08. The molecule has 88 valence electrons. The van der Waals surface area contributed by atoms with Crippen molar-refractivity contribution in [2.24, 2.45) is 13.0 Å². The van der Waals surface area contributed by atoms with Crippen LogP contribution in [0.4, 0.5) is 17.6 Å². The van der Waals surface area contributed by atoms with Gasteiger partial charge in [-0.15, -0.1) is 0 Å². The van der Waals surface area contributed by atoms with Crippen molar-refractivity contribution in [1.29, 1.82) is 0 Å². The molecule has 2 nitrogen and oxygen atoms in total. The summed E-state index contributed by atoms with van der Waals surface area (Å²) in [7, 11) is 1.30. The Labute approximate surface area is 89.2 Å². The lowest BCUT2D eigenvalue weighted by Gasteiger charge is -2.12. The number of nitrogens with zero attached hydrogens (tertiary/aromatic N) is 2. The van der Waals surface area contributed by atoms with Crippen molar-refractivity contribution in [2.75, 3.05) is 0 Å². The number of alkyl halides is 4. The van der Waals surface area contributed by atoms with Crippen molar-refractivity contribution in [1.82, 2.24) is 9.78 Å². The molecule has 0 amide bonds. The molecule has 0 aromatic carbocycles. The summed E-state index contributed by atoms with van der Waals surface area (Å²) in [6, 6.07) is 0. The van der Waals surface area contributed by atoms with Gasteiger partial charge >= 0.3 is 0 Å². The van der Waals surface area contributed by atoms with Crippen LogP contribution in [0.3, 0.4) is 0 Å². The monoisotopic (exact) mass is 234 g/mol. The zero-order chi connectivity index (χ0) is 11.9. The number of hydrogen-bond donors (Lipinski definition) is 0. The van der Waals surface area contributed by atoms with Crippen LogP contribution in [-0.4, -0.2) is 9.78 Å². The normalized spacial score (nSPS) is 30.1. The second kappa shape index (κ2) is 2.43. The lowest BCUT2D eigenvalue weighted by molar-refractivity contribution is -0.0303. The Morgan fingerprint density at radius 3 is 2.62 bits per heavy atom. The minimum absolute atomic E-state index is 0.0880. The Balaban J connectivity index is 2.25. The van der Waals surface area contributed by atoms with Gasteiger partial charge in [0.2, 0.25) is 0 Å². The van der Waals surface area contributed by atoms with E-state index < -0.39 is 29.4 Å². The third-order valence-electron chi connectivity index (χ3n) is 3.44. The third kappa shape index (κ3) is 0.999. The fourth-order valence-corrected chi connectivity index (χ4v) is 2.70. The molecule has 0 aliphatic heterocycles. The quantitative estimate of drug-likeness (QED) is 0.683. The van der Waals surface area contributed by atoms with E-state index in [0.717, 1.165) is 4.68 Å². The van der Waals surface area contributed by atoms with E-state index in [2.05, 4.69) is 5.10 Å². The maximum atomic E-state index is 13.7. The van der Waals surface area contributed by atoms with Crippen LogP contribution >= 0.6 is 0 Å². The van der Waals surface area contributed by atoms with Crippen LogP contribution in [-0.2, 0) is 18.9 Å². The summed E-state index contributed by atoms with van der Waals surface area (Å²) < 4.78 is 54.9. The Kier molecular flexibility index (Phi) is 1.54. The zero-order valence-corrected chi connectivity index (χ0v) is 8.77. The molecule has 0 saturated heterocycles. The first kappa shape index (κ1) is 10.1. The lowest BCUT2D eigenvalue weighted by atomic mass is 10.1. The molecule has 2 aliphatic carbocycles. The van der Waals surface area contributed by atoms with Crippen LogP contribution in [0.25, 0.3) is 0 Å². The van der Waals surface area contributed by atoms with E-state index in [1.165, 1.54) is 7.05 Å². The Morgan fingerprint density at radius 2 is 2.06 bits per heavy atom. The molecule has 1 unspecified atom stereocenters. The van der Waals surface area contributed by atoms with Gasteiger partial charge in [0.15, 0.2) is 0 Å². The Hall–Kier alpha value is -1.07. The Morgan fingerprint density at radius 1 is 1.44 bits per heavy atom. The van der Waals surface area contributed by atoms with Crippen molar-refractivity contribution in [2.45, 2.75) is 31.1 Å². The van der Waals surface area contributed by atoms with Gasteiger partial charge in [0, 0.05) is 25.5 Å². The topological polar surface area (TPSA) is 17.8 Å². The molecule has 0 bridgehead atoms. The van der Waals surface area contributed by atoms with Crippen molar-refractivity contribution in [3.8, 4) is 0 Å². The van der Waals surface area contributed by atoms with Crippen molar-refractivity contribution in [3.63, 3.8) is 0 Å². The zero-order valence-electron chi connectivity index (χ0n) is 8.77. The molecule has 6 heteroatoms. The fourth-order valence-electron chi connectivity index (χ4n) is 2.70. The van der Waals surface area contributed by atoms with Gasteiger partial charge in [0.1, 0.15) is 11.4 Å². The molecule has 3 rings (SSSR count). The molecule has 16 heavy (non-hydrogen) atoms. The number of halogens is 4. The second-order valence-corrected chi connectivity index (χ2v) is 4.69. The molecule has 2 aliphatic rings. The minimum atomic E-state index is -3.15. The van der Waals surface area contributed by atoms with Gasteiger partial charge in [-0.1, -0.05) is 0 Å². The van der Waals surface area contributed by atoms with Gasteiger partial charge in [-0.2, -0.15) is 22.7 Å². The van der Waals surface area contributed by atoms with E-state index in [1.54, 1.807) is 0 Å². The highest BCUT2D eigenvalue weighted by atomic mass is 19.3. The average molecular weight is 234 g/mol. The standard InChI is InChI=1S/C10H10F4N2/c1-9(11,12)7-6-4-3-5(4)10(13,14)8(6)16(2)15-7/h4-5H,3H2,1-2H3/t4-,5?/m0/s1. The first-order valence-corrected chi connectivity index (χ1v) is 5.08. The van der Waals surface area contributed by atoms with E-state index >= 15 is 0 Å². The molecular formula is C10H10F4N2. The number of hydrogen-bond acceptors (Lipinski definition) is 1. The summed E-state index contributed by atoms with van der Waals surface area (Å²) in [6.07, 6.45) is 0.300. The van der Waals surface area contributed by atoms with Gasteiger partial charge in [0.05, 0.1) is 0 Å². The number of rotatable bonds is 1. The van der Waals surface area contributed by atoms with Gasteiger partial charge in [-0.25, -0.2) is 0 Å². The molecule has 1 fully saturated rings. The summed E-state index contributed by atoms with van der Waals surface area (Å²) in [5, 5.41) is 3.56. The molecule has 1 aromatic heterocycles. The van der Waals surface area contributed by atoms with Gasteiger partial charge in [-0.05, 0) is 12.3 Å². The van der Waals surface area contributed by atoms with E-state index in [9.17, 15) is 17.6 Å². The predicted octanol–water partition coefficient (Wildman–Crippen LogP) is 2.74. The van der Waals surface area contributed by atoms with Gasteiger partial charge in [0.25, 0.3) is 11.8 Å². The van der Waals surface area contributed by atoms with Crippen molar-refractivity contribution >= 4 is 0 Å². The summed E-state index contributed by atoms with van der Waals surface area (Å²) in [6.45, 7) is 0.698. The number of aromatic nitrogens is 2. The minimum Gasteiger partial charge on any atom is -0.266 e. The molecule has 2 atom stereocenters. The highest BCUT2D eigenvalue weighted by Crippen LogP contribution is 2.68. The summed E-state index contributed by atoms with van der Waals surface area (Å²) in [5.74, 6) is -7.35. The Bertz CT molecular complexity index is 472. The van der Waals surface area contributed by atoms with E-state index in [0.29, 0.717) is 13.3 Å². The van der Waals surface area contributed by atoms with E-state index in [-0.39, 0.29) is 11.3 Å². The third-order valence-corrected chi connectivity index (χ3v) is 3.44. The lowest BCUT2D eigenvalue weighted by Crippen LogP contribution is -2.18. The first-order chi connectivity index (χ1) is 7.24. The van der Waals surface area contributed by atoms with Crippen LogP contribution in [0.1, 0.15) is 36.2 Å². The molecular weight excluding hydrogens is 224 g/mol. The fraction of sp³-hybridized carbons (Fsp3) is 0.700. The smallest absolute Gasteiger partial charge is 0.266 e. The highest BCUT2D eigenvalue weighted by molar-refractivity contribution is 5.46. The number of fused-ring (bicyclic) bond motifs is 3. The molecule has 1 saturated carbocycles. The van der Waals surface area contributed by atoms with Crippen LogP contribution in [0.2, 0.25) is 0 Å². The molecule has 0 spiro atoms. The second-order valence-electron chi connectivity index (χ2n) is 4.69. The summed E-state index contributed by atoms with van der Waals surface area (Å²) in [4.78, 5) is 0. The molecule has 1 aromatic rings. The molecule has 0 radical (unpaired) electrons. The average Bonchev–Trinajstić information content (AvgIpc) is 2.76. The maximum Gasteiger partial charge on any atom is 0.293 e. The van der Waals surface area contributed by atoms with Crippen LogP contribution in [0.15, 0.2) is 0 Å². The maximum absolute atomic E-state index is 13.7. The SMILES string of the molecule is Cn1nc(C(C)(F)F)c2c1C(F)(F)C1C[C@H]21. The van der Waals surface area contributed by atoms with Gasteiger partial charge in [-0.3, -0.25) is 4.68 Å². The largest absolute Gasteiger partial charge is 0.293 e. The van der Waals surface area contributed by atoms with Crippen LogP contribution in [0, 0.1) is 5.92 Å².